The molecule has 1 unspecified atom stereocenters. The van der Waals surface area contributed by atoms with E-state index in [1.54, 1.807) is 15.8 Å². The number of hydrogen-bond acceptors (Lipinski definition) is 7. The number of likely N-dealkylation sites (N-methyl/N-ethyl adjacent to an activating group) is 1. The van der Waals surface area contributed by atoms with Gasteiger partial charge in [0.2, 0.25) is 0 Å². The van der Waals surface area contributed by atoms with Gasteiger partial charge >= 0.3 is 6.09 Å². The summed E-state index contributed by atoms with van der Waals surface area (Å²) in [6.07, 6.45) is 1.95. The zero-order chi connectivity index (χ0) is 27.9. The van der Waals surface area contributed by atoms with Gasteiger partial charge in [-0.2, -0.15) is 5.10 Å². The van der Waals surface area contributed by atoms with E-state index in [2.05, 4.69) is 39.1 Å². The highest BCUT2D eigenvalue weighted by molar-refractivity contribution is 6.20. The summed E-state index contributed by atoms with van der Waals surface area (Å²) in [6, 6.07) is 20.0. The lowest BCUT2D eigenvalue weighted by Gasteiger charge is -2.32. The molecule has 1 saturated heterocycles. The first-order valence-electron chi connectivity index (χ1n) is 13.8. The number of ether oxygens (including phenoxy) is 1. The Hall–Kier alpha value is -3.53. The fourth-order valence-corrected chi connectivity index (χ4v) is 5.16. The Labute approximate surface area is 240 Å². The lowest BCUT2D eigenvalue weighted by Crippen LogP contribution is -2.46. The number of rotatable bonds is 10. The average molecular weight is 562 g/mol. The van der Waals surface area contributed by atoms with E-state index in [4.69, 9.17) is 21.3 Å². The molecule has 2 aromatic carbocycles. The number of aryl methyl sites for hydroxylation is 1. The predicted molar refractivity (Wildman–Crippen MR) is 158 cm³/mol. The Morgan fingerprint density at radius 3 is 2.45 bits per heavy atom. The topological polar surface area (TPSA) is 79.6 Å². The number of amides is 1. The third kappa shape index (κ3) is 6.96. The van der Waals surface area contributed by atoms with Gasteiger partial charge in [0.1, 0.15) is 12.4 Å². The van der Waals surface area contributed by atoms with Gasteiger partial charge in [-0.15, -0.1) is 11.6 Å². The Balaban J connectivity index is 1.37. The highest BCUT2D eigenvalue weighted by atomic mass is 35.5. The lowest BCUT2D eigenvalue weighted by molar-refractivity contribution is 0.107. The van der Waals surface area contributed by atoms with Crippen LogP contribution in [0.3, 0.4) is 0 Å². The molecular weight excluding hydrogens is 526 g/mol. The molecule has 0 aliphatic carbocycles. The first kappa shape index (κ1) is 28.0. The van der Waals surface area contributed by atoms with Crippen molar-refractivity contribution < 1.29 is 9.53 Å². The number of hydrogen-bond donors (Lipinski definition) is 0. The van der Waals surface area contributed by atoms with E-state index in [1.165, 1.54) is 0 Å². The first-order chi connectivity index (χ1) is 19.5. The molecule has 1 aliphatic rings. The number of benzene rings is 2. The van der Waals surface area contributed by atoms with Gasteiger partial charge in [0.15, 0.2) is 11.5 Å². The maximum atomic E-state index is 13.6. The van der Waals surface area contributed by atoms with Crippen molar-refractivity contribution in [1.82, 2.24) is 29.5 Å². The Bertz CT molecular complexity index is 1390. The second-order valence-electron chi connectivity index (χ2n) is 10.2. The molecule has 4 aromatic rings. The molecular formula is C30H36ClN7O2. The molecule has 0 saturated carbocycles. The Morgan fingerprint density at radius 2 is 1.73 bits per heavy atom. The van der Waals surface area contributed by atoms with Crippen LogP contribution in [0.15, 0.2) is 66.9 Å². The minimum atomic E-state index is -0.420. The van der Waals surface area contributed by atoms with Crippen molar-refractivity contribution in [3.05, 3.63) is 83.8 Å². The Kier molecular flexibility index (Phi) is 9.26. The van der Waals surface area contributed by atoms with Gasteiger partial charge in [-0.1, -0.05) is 60.7 Å². The van der Waals surface area contributed by atoms with Gasteiger partial charge in [0, 0.05) is 39.3 Å². The van der Waals surface area contributed by atoms with Crippen molar-refractivity contribution in [3.63, 3.8) is 0 Å². The van der Waals surface area contributed by atoms with Crippen molar-refractivity contribution in [2.24, 2.45) is 0 Å². The smallest absolute Gasteiger partial charge is 0.415 e. The number of carbonyl (C=O) groups is 1. The zero-order valence-corrected chi connectivity index (χ0v) is 23.9. The largest absolute Gasteiger partial charge is 0.448 e. The number of halogens is 1. The molecule has 0 N–H and O–H groups in total. The van der Waals surface area contributed by atoms with E-state index in [1.807, 2.05) is 55.5 Å². The van der Waals surface area contributed by atoms with Crippen molar-refractivity contribution >= 4 is 34.5 Å². The second-order valence-corrected chi connectivity index (χ2v) is 10.7. The van der Waals surface area contributed by atoms with Crippen LogP contribution in [0, 0.1) is 6.92 Å². The number of anilines is 1. The van der Waals surface area contributed by atoms with Crippen LogP contribution in [0.4, 0.5) is 10.6 Å². The van der Waals surface area contributed by atoms with E-state index in [0.717, 1.165) is 37.3 Å². The predicted octanol–water partition coefficient (Wildman–Crippen LogP) is 4.55. The molecule has 210 valence electrons. The SMILES string of the molecule is Cc1nc(N(CCc2ccccc2)C(=O)OCCN2CCN(C)CC2)c2cnn(CC(Cl)c3ccccc3)c2n1. The number of nitrogens with zero attached hydrogens (tertiary/aromatic N) is 7. The third-order valence-electron chi connectivity index (χ3n) is 7.25. The van der Waals surface area contributed by atoms with Crippen LogP contribution in [-0.2, 0) is 17.7 Å². The summed E-state index contributed by atoms with van der Waals surface area (Å²) >= 11 is 6.74. The average Bonchev–Trinajstić information content (AvgIpc) is 3.37. The zero-order valence-electron chi connectivity index (χ0n) is 23.1. The van der Waals surface area contributed by atoms with E-state index >= 15 is 0 Å². The Morgan fingerprint density at radius 1 is 1.02 bits per heavy atom. The van der Waals surface area contributed by atoms with Gasteiger partial charge < -0.3 is 9.64 Å². The monoisotopic (exact) mass is 561 g/mol. The first-order valence-corrected chi connectivity index (χ1v) is 14.2. The van der Waals surface area contributed by atoms with Crippen LogP contribution < -0.4 is 4.90 Å². The van der Waals surface area contributed by atoms with Crippen LogP contribution in [0.5, 0.6) is 0 Å². The normalized spacial score (nSPS) is 15.3. The highest BCUT2D eigenvalue weighted by Gasteiger charge is 2.25. The molecule has 40 heavy (non-hydrogen) atoms. The molecule has 0 radical (unpaired) electrons. The fourth-order valence-electron chi connectivity index (χ4n) is 4.89. The summed E-state index contributed by atoms with van der Waals surface area (Å²) in [7, 11) is 2.13. The summed E-state index contributed by atoms with van der Waals surface area (Å²) in [4.78, 5) is 29.2. The van der Waals surface area contributed by atoms with E-state index < -0.39 is 6.09 Å². The van der Waals surface area contributed by atoms with Crippen LogP contribution in [-0.4, -0.2) is 88.6 Å². The quantitative estimate of drug-likeness (QED) is 0.263. The van der Waals surface area contributed by atoms with E-state index in [-0.39, 0.29) is 5.38 Å². The van der Waals surface area contributed by atoms with Crippen molar-refractivity contribution in [1.29, 1.82) is 0 Å². The lowest BCUT2D eigenvalue weighted by atomic mass is 10.1. The van der Waals surface area contributed by atoms with Gasteiger partial charge in [-0.3, -0.25) is 9.80 Å². The minimum absolute atomic E-state index is 0.281. The van der Waals surface area contributed by atoms with E-state index in [9.17, 15) is 4.79 Å². The summed E-state index contributed by atoms with van der Waals surface area (Å²) in [5.74, 6) is 1.05. The molecule has 10 heteroatoms. The van der Waals surface area contributed by atoms with Crippen molar-refractivity contribution in [3.8, 4) is 0 Å². The number of alkyl halides is 1. The molecule has 9 nitrogen and oxygen atoms in total. The van der Waals surface area contributed by atoms with Gasteiger partial charge in [0.25, 0.3) is 0 Å². The van der Waals surface area contributed by atoms with Crippen molar-refractivity contribution in [2.75, 3.05) is 57.8 Å². The summed E-state index contributed by atoms with van der Waals surface area (Å²) in [5, 5.41) is 5.00. The van der Waals surface area contributed by atoms with Crippen LogP contribution in [0.1, 0.15) is 22.3 Å². The van der Waals surface area contributed by atoms with E-state index in [0.29, 0.717) is 55.3 Å². The summed E-state index contributed by atoms with van der Waals surface area (Å²) in [6.45, 7) is 7.69. The highest BCUT2D eigenvalue weighted by Crippen LogP contribution is 2.28. The third-order valence-corrected chi connectivity index (χ3v) is 7.64. The van der Waals surface area contributed by atoms with Crippen LogP contribution in [0.2, 0.25) is 0 Å². The van der Waals surface area contributed by atoms with Gasteiger partial charge in [-0.05, 0) is 31.5 Å². The molecule has 1 fully saturated rings. The minimum Gasteiger partial charge on any atom is -0.448 e. The summed E-state index contributed by atoms with van der Waals surface area (Å²) in [5.41, 5.74) is 2.77. The fraction of sp³-hybridized carbons (Fsp3) is 0.400. The number of aromatic nitrogens is 4. The molecule has 1 amide bonds. The number of carbonyl (C=O) groups excluding carboxylic acids is 1. The molecule has 2 aromatic heterocycles. The molecule has 0 bridgehead atoms. The maximum absolute atomic E-state index is 13.6. The molecule has 3 heterocycles. The summed E-state index contributed by atoms with van der Waals surface area (Å²) < 4.78 is 7.60. The number of piperazine rings is 1. The molecule has 1 aliphatic heterocycles. The maximum Gasteiger partial charge on any atom is 0.415 e. The molecule has 0 spiro atoms. The van der Waals surface area contributed by atoms with Gasteiger partial charge in [-0.25, -0.2) is 19.4 Å². The molecule has 5 rings (SSSR count). The van der Waals surface area contributed by atoms with Crippen molar-refractivity contribution in [2.45, 2.75) is 25.3 Å². The second kappa shape index (κ2) is 13.2. The van der Waals surface area contributed by atoms with Crippen LogP contribution in [0.25, 0.3) is 11.0 Å². The number of fused-ring (bicyclic) bond motifs is 1. The van der Waals surface area contributed by atoms with Crippen LogP contribution >= 0.6 is 11.6 Å². The molecule has 1 atom stereocenters. The van der Waals surface area contributed by atoms with Gasteiger partial charge in [0.05, 0.1) is 23.5 Å². The standard InChI is InChI=1S/C30H36ClN7O2/c1-23-33-28(26-21-32-38(29(26)34-23)22-27(31)25-11-7-4-8-12-25)37(14-13-24-9-5-3-6-10-24)30(39)40-20-19-36-17-15-35(2)16-18-36/h3-12,21,27H,13-20,22H2,1-2H3.